The number of aromatic amines is 2. The van der Waals surface area contributed by atoms with Crippen LogP contribution in [0.15, 0.2) is 24.3 Å². The Morgan fingerprint density at radius 3 is 1.19 bits per heavy atom. The summed E-state index contributed by atoms with van der Waals surface area (Å²) in [7, 11) is 0. The third kappa shape index (κ3) is 10.1. The van der Waals surface area contributed by atoms with Gasteiger partial charge in [-0.3, -0.25) is 48.3 Å². The first-order valence-electron chi connectivity index (χ1n) is 19.5. The molecule has 5 heterocycles. The largest absolute Gasteiger partial charge is 0.481 e. The maximum atomic E-state index is 12.6. The number of carboxylic acids is 8. The van der Waals surface area contributed by atoms with E-state index in [1.165, 1.54) is 24.3 Å². The molecule has 2 aliphatic rings. The molecule has 0 saturated heterocycles. The monoisotopic (exact) mass is 870 g/mol. The summed E-state index contributed by atoms with van der Waals surface area (Å²) in [4.78, 5) is 114. The molecule has 330 valence electrons. The molecule has 10 N–H and O–H groups in total. The smallest absolute Gasteiger partial charge is 0.307 e. The number of carbonyl (C=O) groups is 8. The van der Waals surface area contributed by atoms with Gasteiger partial charge in [-0.15, -0.1) is 0 Å². The van der Waals surface area contributed by atoms with E-state index in [-0.39, 0.29) is 92.8 Å². The number of hydrogen-bond acceptors (Lipinski definition) is 10. The van der Waals surface area contributed by atoms with E-state index in [2.05, 4.69) is 9.97 Å². The van der Waals surface area contributed by atoms with Gasteiger partial charge in [0.2, 0.25) is 0 Å². The molecule has 20 heteroatoms. The Morgan fingerprint density at radius 2 is 0.823 bits per heavy atom. The molecule has 0 fully saturated rings. The van der Waals surface area contributed by atoms with E-state index in [1.807, 2.05) is 0 Å². The Labute approximate surface area is 351 Å². The van der Waals surface area contributed by atoms with E-state index >= 15 is 0 Å². The van der Waals surface area contributed by atoms with Gasteiger partial charge in [0.25, 0.3) is 0 Å². The molecule has 0 unspecified atom stereocenters. The maximum Gasteiger partial charge on any atom is 0.307 e. The highest BCUT2D eigenvalue weighted by molar-refractivity contribution is 5.86. The zero-order chi connectivity index (χ0) is 45.8. The van der Waals surface area contributed by atoms with Crippen LogP contribution in [0, 0.1) is 0 Å². The van der Waals surface area contributed by atoms with Crippen molar-refractivity contribution in [2.24, 2.45) is 0 Å². The fraction of sp³-hybridized carbons (Fsp3) is 0.429. The van der Waals surface area contributed by atoms with Crippen molar-refractivity contribution in [3.8, 4) is 0 Å². The summed E-state index contributed by atoms with van der Waals surface area (Å²) < 4.78 is 0. The molecule has 0 saturated carbocycles. The van der Waals surface area contributed by atoms with Crippen molar-refractivity contribution in [1.29, 1.82) is 0 Å². The molecule has 8 bridgehead atoms. The first-order valence-corrected chi connectivity index (χ1v) is 19.5. The van der Waals surface area contributed by atoms with Crippen LogP contribution in [0.4, 0.5) is 0 Å². The van der Waals surface area contributed by atoms with Crippen molar-refractivity contribution in [3.63, 3.8) is 0 Å². The minimum absolute atomic E-state index is 0.0580. The summed E-state index contributed by atoms with van der Waals surface area (Å²) in [6.07, 6.45) is -5.18. The molecule has 0 radical (unpaired) electrons. The van der Waals surface area contributed by atoms with E-state index < -0.39 is 122 Å². The third-order valence-corrected chi connectivity index (χ3v) is 11.8. The standard InChI is InChI=1S/C42H46N4O16/c1-41(17-39(59)60)23(5-9-35(51)52)29-14-27-21(11-37(55)56)19(3-7-33(47)48)25(43-27)13-26-20(4-8-34(49)50)22(12-38(57)58)28(44-26)15-31-42(2,18-40(61)62)24(6-10-36(53)54)30(46-31)16-32(41)45-29/h13-16,23-24,43-44H,3-12,17-18H2,1-2H3,(H,47,48)(H,49,50)(H,51,52)(H,53,54)(H,55,56)(H,57,58)(H,59,60)(H,61,62)/t23-,24-,41+,42+/m1/s1/i19+1,20+1,23+1,24+1,27+1,28+1,31+1,32+1. The van der Waals surface area contributed by atoms with Gasteiger partial charge in [0.1, 0.15) is 0 Å². The Balaban J connectivity index is 2.11. The normalized spacial score (nSPS) is 19.5. The summed E-state index contributed by atoms with van der Waals surface area (Å²) in [5, 5.41) is 79.7. The van der Waals surface area contributed by atoms with Gasteiger partial charge in [0, 0.05) is 93.2 Å². The molecule has 0 aromatic carbocycles. The van der Waals surface area contributed by atoms with E-state index in [0.717, 1.165) is 0 Å². The van der Waals surface area contributed by atoms with Crippen molar-refractivity contribution in [3.05, 3.63) is 69.3 Å². The van der Waals surface area contributed by atoms with Crippen LogP contribution >= 0.6 is 0 Å². The quantitative estimate of drug-likeness (QED) is 0.0705. The second-order valence-electron chi connectivity index (χ2n) is 16.1. The maximum absolute atomic E-state index is 12.6. The number of nitrogens with zero attached hydrogens (tertiary/aromatic N) is 2. The van der Waals surface area contributed by atoms with Crippen molar-refractivity contribution < 1.29 is 79.2 Å². The molecule has 5 rings (SSSR count). The zero-order valence-corrected chi connectivity index (χ0v) is 33.7. The molecule has 20 nitrogen and oxygen atoms in total. The number of hydrogen-bond donors (Lipinski definition) is 10. The highest BCUT2D eigenvalue weighted by Gasteiger charge is 2.48. The van der Waals surface area contributed by atoms with Crippen LogP contribution in [0.5, 0.6) is 0 Å². The predicted octanol–water partition coefficient (Wildman–Crippen LogP) is 4.37. The number of H-pyrrole nitrogens is 2. The summed E-state index contributed by atoms with van der Waals surface area (Å²) in [6.45, 7) is 3.09. The van der Waals surface area contributed by atoms with Crippen LogP contribution in [0.25, 0.3) is 22.1 Å². The lowest BCUT2D eigenvalue weighted by Gasteiger charge is -2.31. The third-order valence-electron chi connectivity index (χ3n) is 11.8. The van der Waals surface area contributed by atoms with Gasteiger partial charge in [0.05, 0.1) is 25.7 Å². The topological polar surface area (TPSA) is 356 Å². The number of carboxylic acid groups (broad SMARTS) is 8. The SMILES string of the molecule is C[C@@]1(CC(=O)O)[13c]2cc3n[13c](c[13c]4[nH]c(cc5[nH][13c](cc(n2)[13C@H]1CCC(=O)O)c(CC(=O)O)[13c]5CCC(=O)O)[13c](CCC(=O)O)c4CC(=O)O)[C@@](C)(CC(=O)O)[13C@@H]3CCC(=O)O. The van der Waals surface area contributed by atoms with Crippen LogP contribution in [-0.4, -0.2) is 109 Å². The van der Waals surface area contributed by atoms with Crippen LogP contribution in [-0.2, 0) is 74.9 Å². The average Bonchev–Trinajstić information content (AvgIpc) is 3.77. The van der Waals surface area contributed by atoms with Crippen LogP contribution < -0.4 is 0 Å². The zero-order valence-electron chi connectivity index (χ0n) is 33.7. The van der Waals surface area contributed by atoms with E-state index in [9.17, 15) is 79.2 Å². The first kappa shape index (κ1) is 46.0. The van der Waals surface area contributed by atoms with E-state index in [1.54, 1.807) is 13.8 Å². The van der Waals surface area contributed by atoms with Crippen molar-refractivity contribution >= 4 is 69.8 Å². The minimum atomic E-state index is -1.49. The number of aryl methyl sites for hydroxylation is 2. The van der Waals surface area contributed by atoms with Gasteiger partial charge in [-0.05, 0) is 72.2 Å². The summed E-state index contributed by atoms with van der Waals surface area (Å²) >= 11 is 0. The second-order valence-corrected chi connectivity index (χ2v) is 16.1. The lowest BCUT2D eigenvalue weighted by Crippen LogP contribution is -2.31. The summed E-state index contributed by atoms with van der Waals surface area (Å²) in [5.41, 5.74) is -1.52. The molecule has 0 aliphatic carbocycles. The molecule has 3 aromatic heterocycles. The Kier molecular flexibility index (Phi) is 13.5. The number of aromatic nitrogens is 4. The van der Waals surface area contributed by atoms with Gasteiger partial charge in [-0.25, -0.2) is 0 Å². The molecular weight excluding hydrogens is 824 g/mol. The summed E-state index contributed by atoms with van der Waals surface area (Å²) in [5.74, 6) is -12.0. The van der Waals surface area contributed by atoms with Gasteiger partial charge < -0.3 is 50.8 Å². The van der Waals surface area contributed by atoms with Gasteiger partial charge >= 0.3 is 47.8 Å². The fourth-order valence-corrected chi connectivity index (χ4v) is 8.93. The van der Waals surface area contributed by atoms with E-state index in [0.29, 0.717) is 0 Å². The average molecular weight is 871 g/mol. The molecule has 2 aliphatic heterocycles. The minimum Gasteiger partial charge on any atom is -0.481 e. The van der Waals surface area contributed by atoms with Crippen molar-refractivity contribution in [1.82, 2.24) is 19.9 Å². The van der Waals surface area contributed by atoms with Gasteiger partial charge in [0.15, 0.2) is 0 Å². The molecule has 62 heavy (non-hydrogen) atoms. The number of fused-ring (bicyclic) bond motifs is 8. The van der Waals surface area contributed by atoms with Crippen LogP contribution in [0.1, 0.15) is 122 Å². The number of aliphatic carboxylic acids is 8. The van der Waals surface area contributed by atoms with Crippen LogP contribution in [0.2, 0.25) is 0 Å². The molecule has 0 amide bonds. The van der Waals surface area contributed by atoms with Crippen molar-refractivity contribution in [2.45, 2.75) is 114 Å². The molecule has 0 spiro atoms. The number of rotatable bonds is 20. The lowest BCUT2D eigenvalue weighted by atomic mass is 9.92. The molecule has 4 atom stereocenters. The number of nitrogens with one attached hydrogen (secondary N) is 2. The second kappa shape index (κ2) is 18.2. The fourth-order valence-electron chi connectivity index (χ4n) is 8.93. The van der Waals surface area contributed by atoms with Crippen LogP contribution in [0.3, 0.4) is 0 Å². The molecular formula is C42H46N4O16. The van der Waals surface area contributed by atoms with E-state index in [4.69, 9.17) is 9.97 Å². The van der Waals surface area contributed by atoms with Gasteiger partial charge in [-0.1, -0.05) is 13.8 Å². The lowest BCUT2D eigenvalue weighted by molar-refractivity contribution is -0.140. The predicted molar refractivity (Wildman–Crippen MR) is 214 cm³/mol. The summed E-state index contributed by atoms with van der Waals surface area (Å²) in [6, 6.07) is 5.71. The Bertz CT molecular complexity index is 2540. The highest BCUT2D eigenvalue weighted by Crippen LogP contribution is 2.51. The van der Waals surface area contributed by atoms with Crippen molar-refractivity contribution in [2.75, 3.05) is 0 Å². The molecule has 3 aromatic rings. The first-order chi connectivity index (χ1) is 29.0. The Hall–Kier alpha value is -7.12. The Morgan fingerprint density at radius 1 is 0.468 bits per heavy atom. The van der Waals surface area contributed by atoms with Gasteiger partial charge in [-0.2, -0.15) is 0 Å². The highest BCUT2D eigenvalue weighted by atomic mass is 16.4.